The number of hydrogen-bond donors (Lipinski definition) is 0. The van der Waals surface area contributed by atoms with Crippen LogP contribution in [0.1, 0.15) is 0 Å². The van der Waals surface area contributed by atoms with Gasteiger partial charge in [-0.3, -0.25) is 0 Å². The first-order valence-electron chi connectivity index (χ1n) is 34.5. The minimum absolute atomic E-state index is 0.644. The topological polar surface area (TPSA) is 74.3 Å². The molecule has 0 atom stereocenters. The first-order valence-corrected chi connectivity index (χ1v) is 34.5. The highest BCUT2D eigenvalue weighted by atomic mass is 15.0. The van der Waals surface area contributed by atoms with Crippen molar-refractivity contribution in [2.45, 2.75) is 0 Å². The molecular formula is C95H61N7. The van der Waals surface area contributed by atoms with Crippen LogP contribution in [-0.4, -0.2) is 34.1 Å². The molecule has 4 aromatic heterocycles. The van der Waals surface area contributed by atoms with Crippen LogP contribution in [0, 0.1) is 0 Å². The second kappa shape index (κ2) is 25.3. The van der Waals surface area contributed by atoms with E-state index in [9.17, 15) is 0 Å². The fourth-order valence-electron chi connectivity index (χ4n) is 14.9. The Morgan fingerprint density at radius 3 is 1.04 bits per heavy atom. The second-order valence-electron chi connectivity index (χ2n) is 25.9. The van der Waals surface area contributed by atoms with Gasteiger partial charge < -0.3 is 9.13 Å². The van der Waals surface area contributed by atoms with Crippen LogP contribution >= 0.6 is 0 Å². The highest BCUT2D eigenvalue weighted by Gasteiger charge is 2.20. The third-order valence-corrected chi connectivity index (χ3v) is 19.8. The predicted molar refractivity (Wildman–Crippen MR) is 424 cm³/mol. The summed E-state index contributed by atoms with van der Waals surface area (Å²) in [6.07, 6.45) is 0. The van der Waals surface area contributed by atoms with Crippen LogP contribution in [0.4, 0.5) is 0 Å². The normalized spacial score (nSPS) is 11.5. The maximum atomic E-state index is 5.07. The summed E-state index contributed by atoms with van der Waals surface area (Å²) in [6.45, 7) is 0. The summed E-state index contributed by atoms with van der Waals surface area (Å²) in [5, 5.41) is 15.1. The number of fused-ring (bicyclic) bond motifs is 13. The van der Waals surface area contributed by atoms with Crippen LogP contribution in [0.25, 0.3) is 188 Å². The first kappa shape index (κ1) is 59.5. The van der Waals surface area contributed by atoms with Crippen molar-refractivity contribution in [2.75, 3.05) is 0 Å². The zero-order chi connectivity index (χ0) is 67.5. The summed E-state index contributed by atoms with van der Waals surface area (Å²) in [4.78, 5) is 24.8. The highest BCUT2D eigenvalue weighted by molar-refractivity contribution is 6.23. The van der Waals surface area contributed by atoms with Crippen LogP contribution in [0.15, 0.2) is 370 Å². The highest BCUT2D eigenvalue weighted by Crippen LogP contribution is 2.42. The SMILES string of the molecule is c1ccc(-c2cc(-c3ccc(-n4c5ccccc5c5c6ccc(-c7ccc8ccc9ccccc9c8c7)cc6ccc54)cc3)nc(-c3ccccc3)n2)cc1.c1ccc(-c2ccc3ccc4c(c3c2)c2ccccc2n4-c2ccc(-c3nc(-c4ccccc4)nc(-c4ccccc4)n3)cc2)cc1. The van der Waals surface area contributed by atoms with E-state index in [1.54, 1.807) is 0 Å². The lowest BCUT2D eigenvalue weighted by Crippen LogP contribution is -2.00. The molecule has 0 bridgehead atoms. The maximum Gasteiger partial charge on any atom is 0.164 e. The third kappa shape index (κ3) is 10.8. The fourth-order valence-corrected chi connectivity index (χ4v) is 14.9. The number of nitrogens with zero attached hydrogens (tertiary/aromatic N) is 7. The van der Waals surface area contributed by atoms with Gasteiger partial charge in [0.1, 0.15) is 0 Å². The Morgan fingerprint density at radius 1 is 0.167 bits per heavy atom. The molecule has 0 saturated heterocycles. The number of para-hydroxylation sites is 2. The van der Waals surface area contributed by atoms with E-state index in [1.165, 1.54) is 109 Å². The van der Waals surface area contributed by atoms with Crippen molar-refractivity contribution in [3.63, 3.8) is 0 Å². The lowest BCUT2D eigenvalue weighted by atomic mass is 9.95. The molecule has 0 fully saturated rings. The summed E-state index contributed by atoms with van der Waals surface area (Å²) in [5.41, 5.74) is 19.5. The van der Waals surface area contributed by atoms with Gasteiger partial charge in [0.05, 0.1) is 33.5 Å². The zero-order valence-corrected chi connectivity index (χ0v) is 55.3. The Bertz CT molecular complexity index is 6460. The minimum atomic E-state index is 0.644. The molecule has 0 aliphatic rings. The van der Waals surface area contributed by atoms with Gasteiger partial charge in [0.25, 0.3) is 0 Å². The van der Waals surface area contributed by atoms with Crippen molar-refractivity contribution in [3.05, 3.63) is 370 Å². The molecule has 0 aliphatic heterocycles. The lowest BCUT2D eigenvalue weighted by molar-refractivity contribution is 1.07. The molecule has 0 unspecified atom stereocenters. The summed E-state index contributed by atoms with van der Waals surface area (Å²) >= 11 is 0. The molecule has 0 amide bonds. The van der Waals surface area contributed by atoms with Gasteiger partial charge in [0, 0.05) is 66.3 Å². The molecule has 7 heteroatoms. The maximum absolute atomic E-state index is 5.07. The Kier molecular flexibility index (Phi) is 14.7. The van der Waals surface area contributed by atoms with E-state index in [-0.39, 0.29) is 0 Å². The molecule has 0 saturated carbocycles. The quantitative estimate of drug-likeness (QED) is 0.128. The van der Waals surface area contributed by atoms with Gasteiger partial charge in [-0.15, -0.1) is 0 Å². The number of rotatable bonds is 10. The van der Waals surface area contributed by atoms with Gasteiger partial charge in [0.2, 0.25) is 0 Å². The minimum Gasteiger partial charge on any atom is -0.309 e. The molecule has 102 heavy (non-hydrogen) atoms. The number of benzene rings is 16. The second-order valence-corrected chi connectivity index (χ2v) is 25.9. The predicted octanol–water partition coefficient (Wildman–Crippen LogP) is 24.5. The van der Waals surface area contributed by atoms with Crippen LogP contribution in [-0.2, 0) is 0 Å². The van der Waals surface area contributed by atoms with Crippen LogP contribution in [0.2, 0.25) is 0 Å². The van der Waals surface area contributed by atoms with Crippen molar-refractivity contribution < 1.29 is 0 Å². The van der Waals surface area contributed by atoms with Crippen LogP contribution in [0.5, 0.6) is 0 Å². The smallest absolute Gasteiger partial charge is 0.164 e. The van der Waals surface area contributed by atoms with Gasteiger partial charge in [-0.05, 0) is 150 Å². The average Bonchev–Trinajstić information content (AvgIpc) is 1.58. The fraction of sp³-hybridized carbons (Fsp3) is 0. The Hall–Kier alpha value is -13.8. The van der Waals surface area contributed by atoms with E-state index in [2.05, 4.69) is 282 Å². The van der Waals surface area contributed by atoms with E-state index in [0.29, 0.717) is 23.3 Å². The van der Waals surface area contributed by atoms with E-state index in [4.69, 9.17) is 24.9 Å². The number of aromatic nitrogens is 7. The molecule has 4 heterocycles. The van der Waals surface area contributed by atoms with Crippen molar-refractivity contribution >= 4 is 86.7 Å². The molecule has 0 spiro atoms. The number of hydrogen-bond acceptors (Lipinski definition) is 5. The van der Waals surface area contributed by atoms with Crippen molar-refractivity contribution in [1.29, 1.82) is 0 Å². The molecule has 0 radical (unpaired) electrons. The molecule has 20 rings (SSSR count). The van der Waals surface area contributed by atoms with Gasteiger partial charge in [-0.25, -0.2) is 24.9 Å². The molecule has 16 aromatic carbocycles. The Balaban J connectivity index is 0.000000143. The lowest BCUT2D eigenvalue weighted by Gasteiger charge is -2.12. The van der Waals surface area contributed by atoms with Gasteiger partial charge in [0.15, 0.2) is 23.3 Å². The monoisotopic (exact) mass is 1300 g/mol. The van der Waals surface area contributed by atoms with Crippen molar-refractivity contribution in [3.8, 4) is 102 Å². The third-order valence-electron chi connectivity index (χ3n) is 19.8. The van der Waals surface area contributed by atoms with Crippen LogP contribution < -0.4 is 0 Å². The average molecular weight is 1300 g/mol. The molecule has 0 N–H and O–H groups in total. The van der Waals surface area contributed by atoms with E-state index in [0.717, 1.165) is 56.1 Å². The van der Waals surface area contributed by atoms with Gasteiger partial charge in [-0.1, -0.05) is 285 Å². The first-order chi connectivity index (χ1) is 50.5. The van der Waals surface area contributed by atoms with Gasteiger partial charge in [-0.2, -0.15) is 0 Å². The summed E-state index contributed by atoms with van der Waals surface area (Å²) in [7, 11) is 0. The molecule has 20 aromatic rings. The Labute approximate surface area is 588 Å². The largest absolute Gasteiger partial charge is 0.309 e. The molecule has 476 valence electrons. The van der Waals surface area contributed by atoms with E-state index in [1.807, 2.05) is 97.1 Å². The van der Waals surface area contributed by atoms with Crippen molar-refractivity contribution in [1.82, 2.24) is 34.1 Å². The summed E-state index contributed by atoms with van der Waals surface area (Å²) in [5.74, 6) is 2.67. The van der Waals surface area contributed by atoms with Crippen molar-refractivity contribution in [2.24, 2.45) is 0 Å². The van der Waals surface area contributed by atoms with Gasteiger partial charge >= 0.3 is 0 Å². The zero-order valence-electron chi connectivity index (χ0n) is 55.3. The summed E-state index contributed by atoms with van der Waals surface area (Å²) < 4.78 is 4.75. The van der Waals surface area contributed by atoms with E-state index >= 15 is 0 Å². The molecular weight excluding hydrogens is 1240 g/mol. The Morgan fingerprint density at radius 2 is 0.500 bits per heavy atom. The van der Waals surface area contributed by atoms with Crippen LogP contribution in [0.3, 0.4) is 0 Å². The molecule has 0 aliphatic carbocycles. The summed E-state index contributed by atoms with van der Waals surface area (Å²) in [6, 6.07) is 131. The standard InChI is InChI=1S/C52H33N3.C43H28N4/c1-3-12-36(13-4-1)47-33-48(54-52(53-47)38-14-5-2-6-15-38)37-23-27-42(28-24-37)55-49-18-10-9-17-45(49)51-44-29-25-39(31-41(44)26-30-50(51)55)40-22-21-35-20-19-34-11-7-8-16-43(34)46(35)32-40;1-4-12-29(13-5-1)34-21-20-30-24-27-39-40(37(30)28-34)36-18-10-11-19-38(36)47(39)35-25-22-33(23-26-35)43-45-41(31-14-6-2-7-15-31)44-42(46-43)32-16-8-3-9-17-32/h1-33H;1-28H. The van der Waals surface area contributed by atoms with E-state index < -0.39 is 0 Å². The molecule has 7 nitrogen and oxygen atoms in total.